The summed E-state index contributed by atoms with van der Waals surface area (Å²) in [6.07, 6.45) is 6.30. The SMILES string of the molecule is C=C1CC2C(CC[C@]3(C)C(=O)C(F)CC23)[C@@]2(C)CC/C(=N\OC3CCNC3)CC12. The van der Waals surface area contributed by atoms with Crippen LogP contribution in [0.4, 0.5) is 4.39 Å². The van der Waals surface area contributed by atoms with Crippen LogP contribution in [-0.2, 0) is 9.63 Å². The Labute approximate surface area is 173 Å². The van der Waals surface area contributed by atoms with Crippen molar-refractivity contribution >= 4 is 11.5 Å². The van der Waals surface area contributed by atoms with Crippen LogP contribution in [-0.4, -0.2) is 36.9 Å². The molecule has 4 saturated carbocycles. The Hall–Kier alpha value is -1.23. The first-order valence-corrected chi connectivity index (χ1v) is 11.6. The number of ketones is 1. The van der Waals surface area contributed by atoms with Crippen LogP contribution in [0.5, 0.6) is 0 Å². The first kappa shape index (κ1) is 19.7. The molecule has 1 heterocycles. The van der Waals surface area contributed by atoms with E-state index in [-0.39, 0.29) is 23.2 Å². The minimum absolute atomic E-state index is 0.129. The van der Waals surface area contributed by atoms with Gasteiger partial charge in [-0.1, -0.05) is 31.2 Å². The number of carbonyl (C=O) groups excluding carboxylic acids is 1. The number of allylic oxidation sites excluding steroid dienone is 1. The summed E-state index contributed by atoms with van der Waals surface area (Å²) in [5.41, 5.74) is 2.21. The quantitative estimate of drug-likeness (QED) is 0.548. The summed E-state index contributed by atoms with van der Waals surface area (Å²) in [6.45, 7) is 10.9. The minimum Gasteiger partial charge on any atom is -0.391 e. The van der Waals surface area contributed by atoms with Crippen molar-refractivity contribution in [1.29, 1.82) is 0 Å². The summed E-state index contributed by atoms with van der Waals surface area (Å²) in [7, 11) is 0. The number of halogens is 1. The number of alkyl halides is 1. The highest BCUT2D eigenvalue weighted by Crippen LogP contribution is 2.66. The lowest BCUT2D eigenvalue weighted by atomic mass is 9.44. The van der Waals surface area contributed by atoms with E-state index in [1.807, 2.05) is 6.92 Å². The summed E-state index contributed by atoms with van der Waals surface area (Å²) < 4.78 is 14.4. The van der Waals surface area contributed by atoms with Crippen molar-refractivity contribution < 1.29 is 14.0 Å². The average Bonchev–Trinajstić information content (AvgIpc) is 3.29. The van der Waals surface area contributed by atoms with Gasteiger partial charge in [-0.2, -0.15) is 0 Å². The maximum atomic E-state index is 14.4. The van der Waals surface area contributed by atoms with E-state index in [1.54, 1.807) is 0 Å². The molecule has 0 spiro atoms. The highest BCUT2D eigenvalue weighted by Gasteiger charge is 2.63. The van der Waals surface area contributed by atoms with Gasteiger partial charge in [-0.05, 0) is 80.6 Å². The van der Waals surface area contributed by atoms with Crippen LogP contribution in [0.2, 0.25) is 0 Å². The van der Waals surface area contributed by atoms with Crippen LogP contribution in [0.1, 0.15) is 65.2 Å². The molecule has 0 radical (unpaired) electrons. The summed E-state index contributed by atoms with van der Waals surface area (Å²) in [5, 5.41) is 7.87. The second kappa shape index (κ2) is 6.90. The number of rotatable bonds is 2. The van der Waals surface area contributed by atoms with Crippen LogP contribution in [0.15, 0.2) is 17.3 Å². The van der Waals surface area contributed by atoms with E-state index in [0.29, 0.717) is 24.2 Å². The molecule has 5 fully saturated rings. The number of nitrogens with zero attached hydrogens (tertiary/aromatic N) is 1. The van der Waals surface area contributed by atoms with Crippen molar-refractivity contribution in [3.8, 4) is 0 Å². The average molecular weight is 403 g/mol. The Balaban J connectivity index is 1.36. The molecule has 1 N–H and O–H groups in total. The first-order chi connectivity index (χ1) is 13.8. The number of oxime groups is 1. The molecule has 5 heteroatoms. The molecule has 0 aromatic carbocycles. The maximum Gasteiger partial charge on any atom is 0.173 e. The van der Waals surface area contributed by atoms with Gasteiger partial charge in [0.15, 0.2) is 12.0 Å². The molecule has 1 saturated heterocycles. The normalized spacial score (nSPS) is 50.9. The van der Waals surface area contributed by atoms with Crippen molar-refractivity contribution in [2.24, 2.45) is 39.7 Å². The molecule has 4 nitrogen and oxygen atoms in total. The molecule has 29 heavy (non-hydrogen) atoms. The van der Waals surface area contributed by atoms with E-state index in [4.69, 9.17) is 4.84 Å². The van der Waals surface area contributed by atoms with E-state index in [0.717, 1.165) is 58.0 Å². The van der Waals surface area contributed by atoms with Crippen LogP contribution < -0.4 is 5.32 Å². The Morgan fingerprint density at radius 1 is 1.21 bits per heavy atom. The van der Waals surface area contributed by atoms with E-state index in [1.165, 1.54) is 11.3 Å². The van der Waals surface area contributed by atoms with Crippen molar-refractivity contribution in [1.82, 2.24) is 5.32 Å². The molecule has 0 amide bonds. The van der Waals surface area contributed by atoms with Gasteiger partial charge in [-0.25, -0.2) is 4.39 Å². The number of Topliss-reactive ketones (excluding diaryl/α,β-unsaturated/α-hetero) is 1. The van der Waals surface area contributed by atoms with Crippen molar-refractivity contribution in [3.63, 3.8) is 0 Å². The maximum absolute atomic E-state index is 14.4. The molecule has 160 valence electrons. The highest BCUT2D eigenvalue weighted by molar-refractivity contribution is 5.91. The summed E-state index contributed by atoms with van der Waals surface area (Å²) >= 11 is 0. The van der Waals surface area contributed by atoms with Crippen molar-refractivity contribution in [3.05, 3.63) is 12.2 Å². The predicted octanol–water partition coefficient (Wildman–Crippen LogP) is 4.45. The number of fused-ring (bicyclic) bond motifs is 5. The number of carbonyl (C=O) groups is 1. The molecule has 0 bridgehead atoms. The zero-order chi connectivity index (χ0) is 20.4. The molecular formula is C24H35FN2O2. The molecule has 1 aliphatic heterocycles. The van der Waals surface area contributed by atoms with E-state index in [9.17, 15) is 9.18 Å². The number of hydrogen-bond acceptors (Lipinski definition) is 4. The first-order valence-electron chi connectivity index (χ1n) is 11.6. The zero-order valence-electron chi connectivity index (χ0n) is 17.9. The zero-order valence-corrected chi connectivity index (χ0v) is 17.9. The van der Waals surface area contributed by atoms with Crippen LogP contribution >= 0.6 is 0 Å². The van der Waals surface area contributed by atoms with Gasteiger partial charge in [0.25, 0.3) is 0 Å². The third-order valence-electron chi connectivity index (χ3n) is 9.51. The fourth-order valence-electron chi connectivity index (χ4n) is 7.75. The van der Waals surface area contributed by atoms with Crippen LogP contribution in [0.3, 0.4) is 0 Å². The summed E-state index contributed by atoms with van der Waals surface area (Å²) in [4.78, 5) is 18.4. The topological polar surface area (TPSA) is 50.7 Å². The van der Waals surface area contributed by atoms with Gasteiger partial charge in [0.2, 0.25) is 0 Å². The number of nitrogens with one attached hydrogen (secondary N) is 1. The predicted molar refractivity (Wildman–Crippen MR) is 111 cm³/mol. The van der Waals surface area contributed by atoms with Crippen LogP contribution in [0, 0.1) is 34.5 Å². The third-order valence-corrected chi connectivity index (χ3v) is 9.51. The summed E-state index contributed by atoms with van der Waals surface area (Å²) in [6, 6.07) is 0. The highest BCUT2D eigenvalue weighted by atomic mass is 19.1. The smallest absolute Gasteiger partial charge is 0.173 e. The lowest BCUT2D eigenvalue weighted by Gasteiger charge is -2.60. The van der Waals surface area contributed by atoms with E-state index in [2.05, 4.69) is 24.0 Å². The van der Waals surface area contributed by atoms with E-state index >= 15 is 0 Å². The van der Waals surface area contributed by atoms with Gasteiger partial charge in [-0.3, -0.25) is 4.79 Å². The Kier molecular flexibility index (Phi) is 4.69. The molecule has 8 atom stereocenters. The molecule has 5 aliphatic rings. The fraction of sp³-hybridized carbons (Fsp3) is 0.833. The fourth-order valence-corrected chi connectivity index (χ4v) is 7.75. The Morgan fingerprint density at radius 2 is 2.03 bits per heavy atom. The standard InChI is InChI=1S/C24H35FN2O2/c1-14-10-17-18(5-8-24(3)20(17)12-21(25)22(24)28)23(2)7-4-15(11-19(14)23)27-29-16-6-9-26-13-16/h16-21,26H,1,4-13H2,2-3H3/b27-15+/t16?,17?,18?,19?,20?,21?,23-,24+/m1/s1. The molecule has 0 aromatic heterocycles. The monoisotopic (exact) mass is 402 g/mol. The lowest BCUT2D eigenvalue weighted by Crippen LogP contribution is -2.54. The van der Waals surface area contributed by atoms with Gasteiger partial charge < -0.3 is 10.2 Å². The van der Waals surface area contributed by atoms with Gasteiger partial charge in [0, 0.05) is 18.4 Å². The van der Waals surface area contributed by atoms with Gasteiger partial charge in [0.1, 0.15) is 6.10 Å². The molecule has 0 aromatic rings. The Bertz CT molecular complexity index is 745. The molecule has 5 rings (SSSR count). The molecule has 4 aliphatic carbocycles. The summed E-state index contributed by atoms with van der Waals surface area (Å²) in [5.74, 6) is 1.47. The van der Waals surface area contributed by atoms with Crippen LogP contribution in [0.25, 0.3) is 0 Å². The molecule has 6 unspecified atom stereocenters. The largest absolute Gasteiger partial charge is 0.391 e. The van der Waals surface area contributed by atoms with Gasteiger partial charge >= 0.3 is 0 Å². The second-order valence-corrected chi connectivity index (χ2v) is 10.9. The number of hydrogen-bond donors (Lipinski definition) is 1. The third kappa shape index (κ3) is 2.94. The van der Waals surface area contributed by atoms with Crippen molar-refractivity contribution in [2.75, 3.05) is 13.1 Å². The second-order valence-electron chi connectivity index (χ2n) is 10.9. The van der Waals surface area contributed by atoms with E-state index < -0.39 is 11.6 Å². The minimum atomic E-state index is -1.25. The Morgan fingerprint density at radius 3 is 2.79 bits per heavy atom. The van der Waals surface area contributed by atoms with Gasteiger partial charge in [-0.15, -0.1) is 0 Å². The molecular weight excluding hydrogens is 367 g/mol. The van der Waals surface area contributed by atoms with Gasteiger partial charge in [0.05, 0.1) is 5.71 Å². The van der Waals surface area contributed by atoms with Crippen molar-refractivity contribution in [2.45, 2.75) is 77.5 Å². The lowest BCUT2D eigenvalue weighted by molar-refractivity contribution is -0.136.